The second-order valence-corrected chi connectivity index (χ2v) is 5.23. The topological polar surface area (TPSA) is 64.1 Å². The number of anilines is 1. The van der Waals surface area contributed by atoms with Gasteiger partial charge in [0.2, 0.25) is 0 Å². The number of benzene rings is 1. The van der Waals surface area contributed by atoms with Gasteiger partial charge in [-0.1, -0.05) is 6.92 Å². The normalized spacial score (nSPS) is 23.2. The van der Waals surface area contributed by atoms with Crippen molar-refractivity contribution in [1.29, 1.82) is 0 Å². The number of aromatic nitrogens is 2. The minimum absolute atomic E-state index is 0.0921. The summed E-state index contributed by atoms with van der Waals surface area (Å²) in [5.41, 5.74) is 8.69. The second-order valence-electron chi connectivity index (χ2n) is 5.23. The molecular weight excluding hydrogens is 226 g/mol. The van der Waals surface area contributed by atoms with E-state index in [0.29, 0.717) is 5.92 Å². The highest BCUT2D eigenvalue weighted by molar-refractivity contribution is 5.79. The summed E-state index contributed by atoms with van der Waals surface area (Å²) < 4.78 is 2.28. The van der Waals surface area contributed by atoms with Crippen molar-refractivity contribution in [3.63, 3.8) is 0 Å². The van der Waals surface area contributed by atoms with Gasteiger partial charge in [0.1, 0.15) is 5.82 Å². The molecule has 3 N–H and O–H groups in total. The van der Waals surface area contributed by atoms with Crippen molar-refractivity contribution in [3.05, 3.63) is 24.0 Å². The maximum absolute atomic E-state index is 9.38. The Labute approximate surface area is 106 Å². The number of imidazole rings is 1. The third kappa shape index (κ3) is 1.86. The van der Waals surface area contributed by atoms with E-state index in [-0.39, 0.29) is 6.10 Å². The van der Waals surface area contributed by atoms with Gasteiger partial charge in [0, 0.05) is 18.7 Å². The van der Waals surface area contributed by atoms with Crippen molar-refractivity contribution in [3.8, 4) is 0 Å². The van der Waals surface area contributed by atoms with Gasteiger partial charge in [-0.25, -0.2) is 4.98 Å². The first-order valence-electron chi connectivity index (χ1n) is 6.60. The third-order valence-corrected chi connectivity index (χ3v) is 3.82. The Morgan fingerprint density at radius 1 is 1.44 bits per heavy atom. The number of nitrogens with two attached hydrogens (primary N) is 1. The van der Waals surface area contributed by atoms with Crippen molar-refractivity contribution in [2.75, 3.05) is 5.73 Å². The number of rotatable bonds is 3. The van der Waals surface area contributed by atoms with Crippen LogP contribution in [0.1, 0.15) is 25.6 Å². The third-order valence-electron chi connectivity index (χ3n) is 3.82. The van der Waals surface area contributed by atoms with Crippen LogP contribution in [0.5, 0.6) is 0 Å². The number of hydrogen-bond acceptors (Lipinski definition) is 3. The fourth-order valence-corrected chi connectivity index (χ4v) is 2.78. The summed E-state index contributed by atoms with van der Waals surface area (Å²) in [5.74, 6) is 1.69. The first-order valence-corrected chi connectivity index (χ1v) is 6.60. The standard InChI is InChI=1S/C14H19N3O/c1-2-14-16-12-7-10(15)3-4-13(12)17(14)8-9-5-11(18)6-9/h3-4,7,9,11,18H,2,5-6,8,15H2,1H3. The number of nitrogens with zero attached hydrogens (tertiary/aromatic N) is 2. The SMILES string of the molecule is CCc1nc2cc(N)ccc2n1CC1CC(O)C1. The fourth-order valence-electron chi connectivity index (χ4n) is 2.78. The predicted molar refractivity (Wildman–Crippen MR) is 72.3 cm³/mol. The molecule has 0 saturated heterocycles. The van der Waals surface area contributed by atoms with Gasteiger partial charge < -0.3 is 15.4 Å². The number of aryl methyl sites for hydroxylation is 1. The first kappa shape index (κ1) is 11.5. The maximum atomic E-state index is 9.38. The average Bonchev–Trinajstić information content (AvgIpc) is 2.64. The Kier molecular flexibility index (Phi) is 2.74. The van der Waals surface area contributed by atoms with Gasteiger partial charge in [-0.2, -0.15) is 0 Å². The lowest BCUT2D eigenvalue weighted by atomic mass is 9.82. The first-order chi connectivity index (χ1) is 8.67. The summed E-state index contributed by atoms with van der Waals surface area (Å²) in [6.45, 7) is 3.08. The molecule has 0 atom stereocenters. The zero-order chi connectivity index (χ0) is 12.7. The van der Waals surface area contributed by atoms with Crippen LogP contribution >= 0.6 is 0 Å². The van der Waals surface area contributed by atoms with Crippen LogP contribution in [-0.4, -0.2) is 20.8 Å². The molecule has 0 unspecified atom stereocenters. The Morgan fingerprint density at radius 3 is 2.89 bits per heavy atom. The number of aliphatic hydroxyl groups excluding tert-OH is 1. The van der Waals surface area contributed by atoms with Crippen LogP contribution in [0, 0.1) is 5.92 Å². The zero-order valence-electron chi connectivity index (χ0n) is 10.6. The van der Waals surface area contributed by atoms with Gasteiger partial charge in [-0.15, -0.1) is 0 Å². The van der Waals surface area contributed by atoms with Gasteiger partial charge in [-0.3, -0.25) is 0 Å². The van der Waals surface area contributed by atoms with E-state index in [1.165, 1.54) is 0 Å². The Morgan fingerprint density at radius 2 is 2.22 bits per heavy atom. The van der Waals surface area contributed by atoms with Crippen LogP contribution in [0.2, 0.25) is 0 Å². The molecule has 2 aromatic rings. The highest BCUT2D eigenvalue weighted by Crippen LogP contribution is 2.30. The van der Waals surface area contributed by atoms with E-state index in [1.54, 1.807) is 0 Å². The van der Waals surface area contributed by atoms with Crippen molar-refractivity contribution in [2.45, 2.75) is 38.8 Å². The molecule has 1 saturated carbocycles. The van der Waals surface area contributed by atoms with Crippen LogP contribution < -0.4 is 5.73 Å². The van der Waals surface area contributed by atoms with Crippen LogP contribution in [-0.2, 0) is 13.0 Å². The molecule has 96 valence electrons. The second kappa shape index (κ2) is 4.28. The Bertz CT molecular complexity index is 570. The molecule has 1 aliphatic rings. The molecule has 0 radical (unpaired) electrons. The molecule has 3 rings (SSSR count). The predicted octanol–water partition coefficient (Wildman–Crippen LogP) is 1.95. The van der Waals surface area contributed by atoms with Crippen molar-refractivity contribution >= 4 is 16.7 Å². The van der Waals surface area contributed by atoms with E-state index in [1.807, 2.05) is 18.2 Å². The largest absolute Gasteiger partial charge is 0.399 e. The van der Waals surface area contributed by atoms with E-state index < -0.39 is 0 Å². The molecule has 4 nitrogen and oxygen atoms in total. The molecule has 1 aromatic carbocycles. The van der Waals surface area contributed by atoms with Crippen molar-refractivity contribution in [2.24, 2.45) is 5.92 Å². The summed E-state index contributed by atoms with van der Waals surface area (Å²) >= 11 is 0. The van der Waals surface area contributed by atoms with Gasteiger partial charge in [0.15, 0.2) is 0 Å². The summed E-state index contributed by atoms with van der Waals surface area (Å²) in [6.07, 6.45) is 2.66. The summed E-state index contributed by atoms with van der Waals surface area (Å²) in [5, 5.41) is 9.38. The van der Waals surface area contributed by atoms with E-state index in [2.05, 4.69) is 16.5 Å². The lowest BCUT2D eigenvalue weighted by Crippen LogP contribution is -2.31. The number of hydrogen-bond donors (Lipinski definition) is 2. The molecule has 1 fully saturated rings. The highest BCUT2D eigenvalue weighted by Gasteiger charge is 2.28. The Hall–Kier alpha value is -1.55. The molecule has 0 bridgehead atoms. The summed E-state index contributed by atoms with van der Waals surface area (Å²) in [4.78, 5) is 4.64. The smallest absolute Gasteiger partial charge is 0.109 e. The minimum atomic E-state index is -0.0921. The number of fused-ring (bicyclic) bond motifs is 1. The van der Waals surface area contributed by atoms with E-state index in [0.717, 1.165) is 48.4 Å². The maximum Gasteiger partial charge on any atom is 0.109 e. The van der Waals surface area contributed by atoms with Gasteiger partial charge in [-0.05, 0) is 37.0 Å². The molecule has 1 aliphatic carbocycles. The lowest BCUT2D eigenvalue weighted by molar-refractivity contribution is 0.0354. The van der Waals surface area contributed by atoms with Crippen LogP contribution in [0.4, 0.5) is 5.69 Å². The zero-order valence-corrected chi connectivity index (χ0v) is 10.6. The molecule has 1 aromatic heterocycles. The highest BCUT2D eigenvalue weighted by atomic mass is 16.3. The summed E-state index contributed by atoms with van der Waals surface area (Å²) in [7, 11) is 0. The van der Waals surface area contributed by atoms with E-state index in [4.69, 9.17) is 5.73 Å². The lowest BCUT2D eigenvalue weighted by Gasteiger charge is -2.32. The Balaban J connectivity index is 1.97. The van der Waals surface area contributed by atoms with Crippen LogP contribution in [0.3, 0.4) is 0 Å². The van der Waals surface area contributed by atoms with Crippen molar-refractivity contribution in [1.82, 2.24) is 9.55 Å². The van der Waals surface area contributed by atoms with Gasteiger partial charge in [0.25, 0.3) is 0 Å². The summed E-state index contributed by atoms with van der Waals surface area (Å²) in [6, 6.07) is 5.90. The quantitative estimate of drug-likeness (QED) is 0.812. The molecule has 0 amide bonds. The minimum Gasteiger partial charge on any atom is -0.399 e. The molecule has 0 aliphatic heterocycles. The molecule has 4 heteroatoms. The van der Waals surface area contributed by atoms with E-state index in [9.17, 15) is 5.11 Å². The fraction of sp³-hybridized carbons (Fsp3) is 0.500. The molecule has 1 heterocycles. The van der Waals surface area contributed by atoms with E-state index >= 15 is 0 Å². The van der Waals surface area contributed by atoms with Gasteiger partial charge in [0.05, 0.1) is 17.1 Å². The van der Waals surface area contributed by atoms with Gasteiger partial charge >= 0.3 is 0 Å². The average molecular weight is 245 g/mol. The van der Waals surface area contributed by atoms with Crippen LogP contribution in [0.25, 0.3) is 11.0 Å². The number of aliphatic hydroxyl groups is 1. The number of nitrogen functional groups attached to an aromatic ring is 1. The van der Waals surface area contributed by atoms with Crippen molar-refractivity contribution < 1.29 is 5.11 Å². The molecule has 18 heavy (non-hydrogen) atoms. The molecular formula is C14H19N3O. The molecule has 0 spiro atoms. The van der Waals surface area contributed by atoms with Crippen LogP contribution in [0.15, 0.2) is 18.2 Å². The monoisotopic (exact) mass is 245 g/mol.